The molecular weight excluding hydrogens is 685 g/mol. The van der Waals surface area contributed by atoms with Crippen molar-refractivity contribution in [1.29, 1.82) is 0 Å². The van der Waals surface area contributed by atoms with Crippen LogP contribution in [-0.4, -0.2) is 47.0 Å². The van der Waals surface area contributed by atoms with Crippen LogP contribution in [0.3, 0.4) is 0 Å². The second-order valence-electron chi connectivity index (χ2n) is 7.90. The summed E-state index contributed by atoms with van der Waals surface area (Å²) in [6.07, 6.45) is -0.315. The van der Waals surface area contributed by atoms with E-state index in [4.69, 9.17) is 10.2 Å². The zero-order chi connectivity index (χ0) is 26.7. The van der Waals surface area contributed by atoms with Crippen LogP contribution >= 0.6 is 0 Å². The van der Waals surface area contributed by atoms with Crippen molar-refractivity contribution in [1.82, 2.24) is 9.97 Å². The molecule has 5 rings (SSSR count). The Morgan fingerprint density at radius 2 is 1.42 bits per heavy atom. The number of benzene rings is 4. The van der Waals surface area contributed by atoms with Gasteiger partial charge < -0.3 is 24.7 Å². The summed E-state index contributed by atoms with van der Waals surface area (Å²) in [5, 5.41) is 17.1. The van der Waals surface area contributed by atoms with Crippen molar-refractivity contribution in [3.8, 4) is 11.3 Å². The Hall–Kier alpha value is -3.05. The number of fused-ring (bicyclic) bond motifs is 6. The SMILES string of the molecule is COC(O)CC(O)OC.Fc1c(F)c(F)c2c3nc(-c4ccccc4)cnc3c3[c-]cccc3c2c1F.[Ir]. The fourth-order valence-electron chi connectivity index (χ4n) is 3.81. The first-order valence-corrected chi connectivity index (χ1v) is 11.0. The van der Waals surface area contributed by atoms with Gasteiger partial charge in [-0.05, 0) is 5.39 Å². The van der Waals surface area contributed by atoms with Crippen molar-refractivity contribution >= 4 is 32.6 Å². The van der Waals surface area contributed by atoms with Crippen LogP contribution in [0.1, 0.15) is 6.42 Å². The average molecular weight is 706 g/mol. The second-order valence-corrected chi connectivity index (χ2v) is 7.90. The molecule has 0 aliphatic heterocycles. The molecule has 1 radical (unpaired) electrons. The fraction of sp³-hybridized carbons (Fsp3) is 0.185. The molecule has 38 heavy (non-hydrogen) atoms. The Morgan fingerprint density at radius 1 is 0.816 bits per heavy atom. The first-order chi connectivity index (χ1) is 17.8. The number of ether oxygens (including phenoxy) is 2. The second kappa shape index (κ2) is 12.7. The first-order valence-electron chi connectivity index (χ1n) is 11.0. The zero-order valence-electron chi connectivity index (χ0n) is 20.0. The maximum atomic E-state index is 14.8. The predicted octanol–water partition coefficient (Wildman–Crippen LogP) is 5.26. The van der Waals surface area contributed by atoms with Gasteiger partial charge in [-0.15, -0.1) is 29.7 Å². The molecular formula is C27H21F4IrN2O4-. The van der Waals surface area contributed by atoms with Crippen molar-refractivity contribution in [2.45, 2.75) is 19.0 Å². The van der Waals surface area contributed by atoms with Crippen LogP contribution in [0.5, 0.6) is 0 Å². The third-order valence-electron chi connectivity index (χ3n) is 5.66. The molecule has 201 valence electrons. The molecule has 6 nitrogen and oxygen atoms in total. The maximum absolute atomic E-state index is 14.8. The molecule has 0 spiro atoms. The Morgan fingerprint density at radius 3 is 2.03 bits per heavy atom. The first kappa shape index (κ1) is 29.5. The van der Waals surface area contributed by atoms with Gasteiger partial charge in [-0.2, -0.15) is 0 Å². The van der Waals surface area contributed by atoms with E-state index in [9.17, 15) is 17.6 Å². The van der Waals surface area contributed by atoms with Gasteiger partial charge in [0.1, 0.15) is 0 Å². The number of aliphatic hydroxyl groups is 2. The molecule has 0 fully saturated rings. The van der Waals surface area contributed by atoms with Crippen molar-refractivity contribution < 1.29 is 57.4 Å². The molecule has 2 atom stereocenters. The van der Waals surface area contributed by atoms with E-state index in [1.165, 1.54) is 26.5 Å². The molecule has 2 unspecified atom stereocenters. The van der Waals surface area contributed by atoms with Crippen LogP contribution in [0.15, 0.2) is 54.7 Å². The number of aliphatic hydroxyl groups excluding tert-OH is 2. The quantitative estimate of drug-likeness (QED) is 0.0649. The molecule has 0 saturated heterocycles. The van der Waals surface area contributed by atoms with E-state index in [1.807, 2.05) is 6.07 Å². The van der Waals surface area contributed by atoms with Gasteiger partial charge in [-0.3, -0.25) is 4.98 Å². The molecule has 0 aliphatic rings. The number of nitrogens with zero attached hydrogens (tertiary/aromatic N) is 2. The Bertz CT molecular complexity index is 1570. The zero-order valence-corrected chi connectivity index (χ0v) is 22.4. The number of hydrogen-bond donors (Lipinski definition) is 2. The largest absolute Gasteiger partial charge is 0.368 e. The van der Waals surface area contributed by atoms with E-state index in [0.717, 1.165) is 0 Å². The van der Waals surface area contributed by atoms with E-state index >= 15 is 0 Å². The molecule has 0 amide bonds. The third-order valence-corrected chi connectivity index (χ3v) is 5.66. The van der Waals surface area contributed by atoms with Gasteiger partial charge in [0, 0.05) is 63.4 Å². The van der Waals surface area contributed by atoms with E-state index in [0.29, 0.717) is 16.6 Å². The van der Waals surface area contributed by atoms with Gasteiger partial charge in [0.25, 0.3) is 0 Å². The van der Waals surface area contributed by atoms with E-state index < -0.39 is 41.2 Å². The minimum atomic E-state index is -1.88. The Balaban J connectivity index is 0.000000348. The average Bonchev–Trinajstić information content (AvgIpc) is 2.94. The monoisotopic (exact) mass is 706 g/mol. The van der Waals surface area contributed by atoms with Crippen LogP contribution in [0.2, 0.25) is 0 Å². The van der Waals surface area contributed by atoms with Crippen molar-refractivity contribution in [2.24, 2.45) is 0 Å². The van der Waals surface area contributed by atoms with Crippen molar-refractivity contribution in [2.75, 3.05) is 14.2 Å². The van der Waals surface area contributed by atoms with Crippen LogP contribution in [0.4, 0.5) is 17.6 Å². The van der Waals surface area contributed by atoms with Gasteiger partial charge in [-0.25, -0.2) is 17.6 Å². The third kappa shape index (κ3) is 5.68. The molecule has 1 heterocycles. The molecule has 1 aromatic heterocycles. The van der Waals surface area contributed by atoms with Crippen LogP contribution in [0.25, 0.3) is 43.8 Å². The Kier molecular flexibility index (Phi) is 9.83. The van der Waals surface area contributed by atoms with Gasteiger partial charge in [0.15, 0.2) is 35.8 Å². The maximum Gasteiger partial charge on any atom is 0.198 e. The molecule has 0 saturated carbocycles. The summed E-state index contributed by atoms with van der Waals surface area (Å²) < 4.78 is 66.3. The number of halogens is 4. The number of rotatable bonds is 5. The summed E-state index contributed by atoms with van der Waals surface area (Å²) in [6.45, 7) is 0. The van der Waals surface area contributed by atoms with Gasteiger partial charge in [0.05, 0.1) is 11.2 Å². The molecule has 11 heteroatoms. The predicted molar refractivity (Wildman–Crippen MR) is 129 cm³/mol. The Labute approximate surface area is 228 Å². The van der Waals surface area contributed by atoms with Gasteiger partial charge >= 0.3 is 0 Å². The number of hydrogen-bond acceptors (Lipinski definition) is 6. The van der Waals surface area contributed by atoms with Crippen molar-refractivity contribution in [3.05, 3.63) is 84.1 Å². The summed E-state index contributed by atoms with van der Waals surface area (Å²) >= 11 is 0. The van der Waals surface area contributed by atoms with E-state index in [1.54, 1.807) is 36.4 Å². The van der Waals surface area contributed by atoms with Crippen LogP contribution in [0, 0.1) is 29.3 Å². The molecule has 2 N–H and O–H groups in total. The van der Waals surface area contributed by atoms with Gasteiger partial charge in [0.2, 0.25) is 0 Å². The minimum absolute atomic E-state index is 0. The van der Waals surface area contributed by atoms with Crippen LogP contribution in [-0.2, 0) is 29.6 Å². The summed E-state index contributed by atoms with van der Waals surface area (Å²) in [4.78, 5) is 8.78. The molecule has 0 aliphatic carbocycles. The van der Waals surface area contributed by atoms with Gasteiger partial charge in [-0.1, -0.05) is 35.7 Å². The van der Waals surface area contributed by atoms with E-state index in [-0.39, 0.29) is 48.3 Å². The fourth-order valence-corrected chi connectivity index (χ4v) is 3.81. The van der Waals surface area contributed by atoms with Crippen molar-refractivity contribution in [3.63, 3.8) is 0 Å². The number of aromatic nitrogens is 2. The van der Waals surface area contributed by atoms with E-state index in [2.05, 4.69) is 25.5 Å². The standard InChI is InChI=1S/C22H9F4N2.C5H12O4.Ir/c23-17-15-12-8-4-5-9-13(12)21-22(16(15)18(24)20(26)19(17)25)28-14(10-27-21)11-6-2-1-3-7-11;1-8-4(6)3-5(7)9-2;/h1-8,10H;4-7H,3H2,1-2H3;/q-1;;. The van der Waals surface area contributed by atoms with Crippen LogP contribution < -0.4 is 0 Å². The summed E-state index contributed by atoms with van der Waals surface area (Å²) in [5.41, 5.74) is 1.27. The molecule has 0 bridgehead atoms. The topological polar surface area (TPSA) is 84.7 Å². The smallest absolute Gasteiger partial charge is 0.198 e. The molecule has 5 aromatic rings. The summed E-state index contributed by atoms with van der Waals surface area (Å²) in [6, 6.07) is 16.5. The minimum Gasteiger partial charge on any atom is -0.368 e. The summed E-state index contributed by atoms with van der Waals surface area (Å²) in [7, 11) is 2.71. The summed E-state index contributed by atoms with van der Waals surface area (Å²) in [5.74, 6) is -6.70. The normalized spacial score (nSPS) is 12.6. The number of methoxy groups -OCH3 is 2. The molecule has 4 aromatic carbocycles.